The third-order valence-corrected chi connectivity index (χ3v) is 9.11. The number of aromatic nitrogens is 2. The number of carbonyl (C=O) groups excluding carboxylic acids is 3. The van der Waals surface area contributed by atoms with Crippen molar-refractivity contribution >= 4 is 40.6 Å². The van der Waals surface area contributed by atoms with Gasteiger partial charge in [0.1, 0.15) is 41.2 Å². The van der Waals surface area contributed by atoms with Crippen LogP contribution in [0.4, 0.5) is 30.3 Å². The summed E-state index contributed by atoms with van der Waals surface area (Å²) in [6, 6.07) is 4.70. The normalized spacial score (nSPS) is 17.6. The fourth-order valence-electron chi connectivity index (χ4n) is 6.72. The number of amides is 3. The van der Waals surface area contributed by atoms with E-state index < -0.39 is 29.2 Å². The van der Waals surface area contributed by atoms with Crippen molar-refractivity contribution in [3.05, 3.63) is 42.0 Å². The number of hydrogen-bond acceptors (Lipinski definition) is 9. The number of hydrogen-bond donors (Lipinski definition) is 1. The van der Waals surface area contributed by atoms with Crippen LogP contribution in [0.3, 0.4) is 0 Å². The average Bonchev–Trinajstić information content (AvgIpc) is 2.99. The van der Waals surface area contributed by atoms with E-state index in [1.807, 2.05) is 20.8 Å². The van der Waals surface area contributed by atoms with Gasteiger partial charge in [-0.2, -0.15) is 0 Å². The summed E-state index contributed by atoms with van der Waals surface area (Å²) < 4.78 is 38.1. The molecule has 4 heterocycles. The second-order valence-electron chi connectivity index (χ2n) is 15.2. The van der Waals surface area contributed by atoms with Crippen molar-refractivity contribution in [1.82, 2.24) is 14.9 Å². The Hall–Kier alpha value is -4.68. The lowest BCUT2D eigenvalue weighted by molar-refractivity contribution is -0.0717. The maximum absolute atomic E-state index is 15.6. The smallest absolute Gasteiger partial charge is 0.415 e. The molecule has 262 valence electrons. The molecule has 0 bridgehead atoms. The molecule has 6 rings (SSSR count). The molecule has 0 atom stereocenters. The van der Waals surface area contributed by atoms with Crippen molar-refractivity contribution in [2.75, 3.05) is 36.5 Å². The van der Waals surface area contributed by atoms with E-state index in [4.69, 9.17) is 18.9 Å². The largest absolute Gasteiger partial charge is 0.474 e. The van der Waals surface area contributed by atoms with Crippen LogP contribution in [0.2, 0.25) is 0 Å². The topological polar surface area (TPSA) is 132 Å². The van der Waals surface area contributed by atoms with Crippen molar-refractivity contribution < 1.29 is 37.7 Å². The van der Waals surface area contributed by atoms with E-state index in [-0.39, 0.29) is 48.0 Å². The van der Waals surface area contributed by atoms with Gasteiger partial charge in [0.15, 0.2) is 0 Å². The zero-order valence-corrected chi connectivity index (χ0v) is 29.1. The summed E-state index contributed by atoms with van der Waals surface area (Å²) in [5, 5.41) is 3.89. The molecule has 13 heteroatoms. The predicted octanol–water partition coefficient (Wildman–Crippen LogP) is 7.61. The second kappa shape index (κ2) is 12.6. The molecular formula is C36H44FN5O7. The number of piperidine rings is 1. The van der Waals surface area contributed by atoms with Crippen molar-refractivity contribution in [3.8, 4) is 17.0 Å². The van der Waals surface area contributed by atoms with Gasteiger partial charge in [-0.05, 0) is 109 Å². The minimum absolute atomic E-state index is 0.0604. The first-order valence-corrected chi connectivity index (χ1v) is 16.7. The molecule has 0 radical (unpaired) electrons. The van der Waals surface area contributed by atoms with Crippen molar-refractivity contribution in [2.45, 2.75) is 91.5 Å². The van der Waals surface area contributed by atoms with Gasteiger partial charge in [-0.15, -0.1) is 0 Å². The Morgan fingerprint density at radius 1 is 0.898 bits per heavy atom. The Kier molecular flexibility index (Phi) is 8.83. The molecule has 1 aliphatic carbocycles. The lowest BCUT2D eigenvalue weighted by atomic mass is 9.61. The summed E-state index contributed by atoms with van der Waals surface area (Å²) in [5.41, 5.74) is 0.626. The molecule has 2 aliphatic heterocycles. The summed E-state index contributed by atoms with van der Waals surface area (Å²) in [6.45, 7) is 14.5. The first-order chi connectivity index (χ1) is 23.0. The highest BCUT2D eigenvalue weighted by atomic mass is 19.1. The van der Waals surface area contributed by atoms with E-state index in [1.165, 1.54) is 23.4 Å². The van der Waals surface area contributed by atoms with Gasteiger partial charge in [-0.1, -0.05) is 0 Å². The summed E-state index contributed by atoms with van der Waals surface area (Å²) in [6.07, 6.45) is 4.51. The third-order valence-electron chi connectivity index (χ3n) is 9.11. The van der Waals surface area contributed by atoms with Crippen LogP contribution < -0.4 is 15.0 Å². The van der Waals surface area contributed by atoms with Crippen LogP contribution in [0.5, 0.6) is 5.88 Å². The van der Waals surface area contributed by atoms with Gasteiger partial charge in [-0.25, -0.2) is 28.7 Å². The Morgan fingerprint density at radius 2 is 1.57 bits per heavy atom. The SMILES string of the molecule is Cc1c(-c2cc3cc(NC(=O)OC4CC5(CCN(C(=O)OC(C)(C)C)CC5)C4)ncc3cc2F)cnc2c1N(C(=O)OC(C)(C)C)CCO2. The molecule has 1 N–H and O–H groups in total. The molecule has 1 saturated heterocycles. The number of ether oxygens (including phenoxy) is 4. The summed E-state index contributed by atoms with van der Waals surface area (Å²) in [5.74, 6) is 0.0487. The van der Waals surface area contributed by atoms with Gasteiger partial charge in [0.2, 0.25) is 5.88 Å². The molecule has 1 saturated carbocycles. The molecule has 3 aliphatic rings. The van der Waals surface area contributed by atoms with Crippen molar-refractivity contribution in [1.29, 1.82) is 0 Å². The quantitative estimate of drug-likeness (QED) is 0.278. The van der Waals surface area contributed by atoms with Crippen LogP contribution in [-0.2, 0) is 14.2 Å². The molecule has 2 aromatic heterocycles. The van der Waals surface area contributed by atoms with Gasteiger partial charge in [0, 0.05) is 42.0 Å². The summed E-state index contributed by atoms with van der Waals surface area (Å²) in [7, 11) is 0. The van der Waals surface area contributed by atoms with Gasteiger partial charge in [-0.3, -0.25) is 10.2 Å². The van der Waals surface area contributed by atoms with Crippen LogP contribution in [0, 0.1) is 18.2 Å². The fourth-order valence-corrected chi connectivity index (χ4v) is 6.72. The number of nitrogens with zero attached hydrogens (tertiary/aromatic N) is 4. The van der Waals surface area contributed by atoms with E-state index in [9.17, 15) is 14.4 Å². The monoisotopic (exact) mass is 677 g/mol. The summed E-state index contributed by atoms with van der Waals surface area (Å²) >= 11 is 0. The molecular weight excluding hydrogens is 633 g/mol. The number of likely N-dealkylation sites (tertiary alicyclic amines) is 1. The van der Waals surface area contributed by atoms with E-state index in [0.717, 1.165) is 25.7 Å². The molecule has 12 nitrogen and oxygen atoms in total. The molecule has 1 aromatic carbocycles. The number of rotatable bonds is 3. The molecule has 1 spiro atoms. The number of halogens is 1. The van der Waals surface area contributed by atoms with Crippen LogP contribution >= 0.6 is 0 Å². The van der Waals surface area contributed by atoms with Crippen molar-refractivity contribution in [3.63, 3.8) is 0 Å². The Labute approximate surface area is 285 Å². The zero-order valence-electron chi connectivity index (χ0n) is 29.1. The number of pyridine rings is 2. The van der Waals surface area contributed by atoms with Gasteiger partial charge >= 0.3 is 18.3 Å². The van der Waals surface area contributed by atoms with Crippen LogP contribution in [-0.4, -0.2) is 76.7 Å². The second-order valence-corrected chi connectivity index (χ2v) is 15.2. The average molecular weight is 678 g/mol. The zero-order chi connectivity index (χ0) is 35.3. The minimum Gasteiger partial charge on any atom is -0.474 e. The van der Waals surface area contributed by atoms with E-state index in [0.29, 0.717) is 40.7 Å². The molecule has 3 aromatic rings. The van der Waals surface area contributed by atoms with Crippen LogP contribution in [0.25, 0.3) is 21.9 Å². The molecule has 2 fully saturated rings. The van der Waals surface area contributed by atoms with E-state index >= 15 is 4.39 Å². The number of benzene rings is 1. The standard InChI is InChI=1S/C36H44FN5O7/c1-21-26(20-39-30-29(21)42(12-13-46-30)33(45)49-35(5,6)7)25-14-22-16-28(38-19-23(22)15-27(25)37)40-31(43)47-24-17-36(18-24)8-10-41(11-9-36)32(44)48-34(2,3)4/h14-16,19-20,24H,8-13,17-18H2,1-7H3,(H,38,40,43). The Morgan fingerprint density at radius 3 is 2.24 bits per heavy atom. The lowest BCUT2D eigenvalue weighted by Gasteiger charge is -2.51. The van der Waals surface area contributed by atoms with E-state index in [2.05, 4.69) is 15.3 Å². The van der Waals surface area contributed by atoms with Gasteiger partial charge in [0.25, 0.3) is 0 Å². The van der Waals surface area contributed by atoms with Gasteiger partial charge < -0.3 is 23.8 Å². The first-order valence-electron chi connectivity index (χ1n) is 16.7. The Bertz CT molecular complexity index is 1780. The highest BCUT2D eigenvalue weighted by Gasteiger charge is 2.48. The predicted molar refractivity (Wildman–Crippen MR) is 181 cm³/mol. The first kappa shape index (κ1) is 34.2. The number of carbonyl (C=O) groups is 3. The van der Waals surface area contributed by atoms with Gasteiger partial charge in [0.05, 0.1) is 6.54 Å². The Balaban J connectivity index is 1.12. The number of nitrogens with one attached hydrogen (secondary N) is 1. The molecule has 49 heavy (non-hydrogen) atoms. The number of anilines is 2. The number of fused-ring (bicyclic) bond motifs is 2. The molecule has 3 amide bonds. The lowest BCUT2D eigenvalue weighted by Crippen LogP contribution is -2.52. The van der Waals surface area contributed by atoms with Crippen LogP contribution in [0.15, 0.2) is 30.6 Å². The van der Waals surface area contributed by atoms with Crippen molar-refractivity contribution in [2.24, 2.45) is 5.41 Å². The molecule has 0 unspecified atom stereocenters. The summed E-state index contributed by atoms with van der Waals surface area (Å²) in [4.78, 5) is 50.2. The highest BCUT2D eigenvalue weighted by Crippen LogP contribution is 2.50. The van der Waals surface area contributed by atoms with E-state index in [1.54, 1.807) is 44.7 Å². The maximum atomic E-state index is 15.6. The highest BCUT2D eigenvalue weighted by molar-refractivity contribution is 5.95. The van der Waals surface area contributed by atoms with Crippen LogP contribution in [0.1, 0.15) is 72.8 Å². The third kappa shape index (κ3) is 7.50. The maximum Gasteiger partial charge on any atom is 0.415 e. The fraction of sp³-hybridized carbons (Fsp3) is 0.528. The minimum atomic E-state index is -0.701.